The first-order chi connectivity index (χ1) is 8.93. The maximum absolute atomic E-state index is 11.5. The van der Waals surface area contributed by atoms with Crippen LogP contribution in [0.3, 0.4) is 0 Å². The molecule has 0 saturated carbocycles. The molecule has 1 amide bonds. The summed E-state index contributed by atoms with van der Waals surface area (Å²) in [5, 5.41) is 12.4. The van der Waals surface area contributed by atoms with Gasteiger partial charge in [0.25, 0.3) is 5.91 Å². The van der Waals surface area contributed by atoms with Gasteiger partial charge in [-0.1, -0.05) is 0 Å². The summed E-state index contributed by atoms with van der Waals surface area (Å²) < 4.78 is 10.6. The quantitative estimate of drug-likeness (QED) is 0.822. The van der Waals surface area contributed by atoms with Crippen molar-refractivity contribution < 1.29 is 19.4 Å². The van der Waals surface area contributed by atoms with Crippen LogP contribution in [0.5, 0.6) is 11.5 Å². The Hall–Kier alpha value is -1.75. The highest BCUT2D eigenvalue weighted by atomic mass is 16.5. The lowest BCUT2D eigenvalue weighted by molar-refractivity contribution is -0.123. The van der Waals surface area contributed by atoms with Crippen LogP contribution in [0, 0.1) is 0 Å². The second-order valence-corrected chi connectivity index (χ2v) is 4.59. The van der Waals surface area contributed by atoms with Crippen LogP contribution in [-0.2, 0) is 4.79 Å². The van der Waals surface area contributed by atoms with Gasteiger partial charge in [0.1, 0.15) is 11.5 Å². The van der Waals surface area contributed by atoms with Crippen LogP contribution in [0.15, 0.2) is 18.2 Å². The van der Waals surface area contributed by atoms with Crippen molar-refractivity contribution in [3.05, 3.63) is 23.8 Å². The lowest BCUT2D eigenvalue weighted by atomic mass is 10.1. The van der Waals surface area contributed by atoms with Crippen molar-refractivity contribution in [2.45, 2.75) is 32.9 Å². The summed E-state index contributed by atoms with van der Waals surface area (Å²) in [6, 6.07) is 5.19. The molecule has 1 aromatic carbocycles. The molecule has 0 unspecified atom stereocenters. The fraction of sp³-hybridized carbons (Fsp3) is 0.500. The molecule has 0 bridgehead atoms. The highest BCUT2D eigenvalue weighted by Crippen LogP contribution is 2.29. The number of hydrogen-bond donors (Lipinski definition) is 2. The minimum absolute atomic E-state index is 0.0673. The molecule has 0 aromatic heterocycles. The fourth-order valence-corrected chi connectivity index (χ4v) is 1.62. The van der Waals surface area contributed by atoms with Crippen molar-refractivity contribution >= 4 is 5.91 Å². The van der Waals surface area contributed by atoms with Gasteiger partial charge in [-0.15, -0.1) is 0 Å². The number of benzene rings is 1. The van der Waals surface area contributed by atoms with E-state index in [1.807, 2.05) is 13.8 Å². The van der Waals surface area contributed by atoms with Gasteiger partial charge in [-0.05, 0) is 32.9 Å². The van der Waals surface area contributed by atoms with Crippen molar-refractivity contribution in [2.75, 3.05) is 13.7 Å². The molecule has 0 aliphatic carbocycles. The maximum atomic E-state index is 11.5. The van der Waals surface area contributed by atoms with Crippen LogP contribution in [0.25, 0.3) is 0 Å². The maximum Gasteiger partial charge on any atom is 0.258 e. The molecule has 0 heterocycles. The van der Waals surface area contributed by atoms with Crippen LogP contribution in [0.1, 0.15) is 32.4 Å². The van der Waals surface area contributed by atoms with Gasteiger partial charge in [-0.25, -0.2) is 0 Å². The van der Waals surface area contributed by atoms with Gasteiger partial charge in [0, 0.05) is 17.7 Å². The lowest BCUT2D eigenvalue weighted by Crippen LogP contribution is -2.34. The summed E-state index contributed by atoms with van der Waals surface area (Å²) in [5.74, 6) is 0.867. The molecule has 5 heteroatoms. The van der Waals surface area contributed by atoms with E-state index in [9.17, 15) is 9.90 Å². The topological polar surface area (TPSA) is 67.8 Å². The summed E-state index contributed by atoms with van der Waals surface area (Å²) in [6.07, 6.45) is -0.672. The largest absolute Gasteiger partial charge is 0.497 e. The van der Waals surface area contributed by atoms with Crippen LogP contribution in [0.4, 0.5) is 0 Å². The Morgan fingerprint density at radius 3 is 2.58 bits per heavy atom. The minimum Gasteiger partial charge on any atom is -0.497 e. The Morgan fingerprint density at radius 2 is 2.05 bits per heavy atom. The summed E-state index contributed by atoms with van der Waals surface area (Å²) in [6.45, 7) is 5.31. The van der Waals surface area contributed by atoms with E-state index in [0.29, 0.717) is 17.1 Å². The number of hydrogen-bond acceptors (Lipinski definition) is 4. The van der Waals surface area contributed by atoms with E-state index < -0.39 is 6.10 Å². The molecule has 106 valence electrons. The third-order valence-corrected chi connectivity index (χ3v) is 2.48. The Bertz CT molecular complexity index is 429. The first-order valence-electron chi connectivity index (χ1n) is 6.22. The monoisotopic (exact) mass is 267 g/mol. The molecule has 1 aromatic rings. The Morgan fingerprint density at radius 1 is 1.37 bits per heavy atom. The van der Waals surface area contributed by atoms with Gasteiger partial charge in [0.2, 0.25) is 0 Å². The van der Waals surface area contributed by atoms with Crippen LogP contribution in [-0.4, -0.2) is 30.8 Å². The summed E-state index contributed by atoms with van der Waals surface area (Å²) in [4.78, 5) is 11.5. The van der Waals surface area contributed by atoms with E-state index in [0.717, 1.165) is 0 Å². The Labute approximate surface area is 113 Å². The molecule has 1 atom stereocenters. The molecular weight excluding hydrogens is 246 g/mol. The predicted octanol–water partition coefficient (Wildman–Crippen LogP) is 1.65. The predicted molar refractivity (Wildman–Crippen MR) is 72.4 cm³/mol. The molecule has 0 aliphatic rings. The molecule has 0 saturated heterocycles. The zero-order chi connectivity index (χ0) is 14.4. The van der Waals surface area contributed by atoms with Gasteiger partial charge in [0.15, 0.2) is 6.61 Å². The number of aliphatic hydroxyl groups excluding tert-OH is 1. The van der Waals surface area contributed by atoms with Crippen molar-refractivity contribution in [3.63, 3.8) is 0 Å². The summed E-state index contributed by atoms with van der Waals surface area (Å²) in [7, 11) is 1.55. The number of methoxy groups -OCH3 is 1. The van der Waals surface area contributed by atoms with Gasteiger partial charge >= 0.3 is 0 Å². The molecular formula is C14H21NO4. The van der Waals surface area contributed by atoms with Crippen LogP contribution >= 0.6 is 0 Å². The zero-order valence-corrected chi connectivity index (χ0v) is 11.8. The average molecular weight is 267 g/mol. The molecule has 0 spiro atoms. The van der Waals surface area contributed by atoms with Crippen molar-refractivity contribution in [2.24, 2.45) is 0 Å². The van der Waals surface area contributed by atoms with Gasteiger partial charge in [-0.3, -0.25) is 4.79 Å². The molecule has 0 fully saturated rings. The number of carbonyl (C=O) groups excluding carboxylic acids is 1. The van der Waals surface area contributed by atoms with E-state index in [1.54, 1.807) is 32.2 Å². The molecule has 19 heavy (non-hydrogen) atoms. The SMILES string of the molecule is COc1ccc([C@H](C)O)c(OCC(=O)NC(C)C)c1. The normalized spacial score (nSPS) is 12.1. The number of rotatable bonds is 6. The average Bonchev–Trinajstić information content (AvgIpc) is 2.34. The second kappa shape index (κ2) is 6.99. The van der Waals surface area contributed by atoms with Crippen LogP contribution < -0.4 is 14.8 Å². The van der Waals surface area contributed by atoms with E-state index >= 15 is 0 Å². The molecule has 2 N–H and O–H groups in total. The summed E-state index contributed by atoms with van der Waals surface area (Å²) in [5.41, 5.74) is 0.623. The first kappa shape index (κ1) is 15.3. The number of ether oxygens (including phenoxy) is 2. The second-order valence-electron chi connectivity index (χ2n) is 4.59. The Balaban J connectivity index is 2.77. The van der Waals surface area contributed by atoms with Crippen LogP contribution in [0.2, 0.25) is 0 Å². The molecule has 1 rings (SSSR count). The summed E-state index contributed by atoms with van der Waals surface area (Å²) >= 11 is 0. The number of carbonyl (C=O) groups is 1. The number of aliphatic hydroxyl groups is 1. The van der Waals surface area contributed by atoms with Crippen molar-refractivity contribution in [1.29, 1.82) is 0 Å². The standard InChI is InChI=1S/C14H21NO4/c1-9(2)15-14(17)8-19-13-7-11(18-4)5-6-12(13)10(3)16/h5-7,9-10,16H,8H2,1-4H3,(H,15,17)/t10-/m0/s1. The molecule has 5 nitrogen and oxygen atoms in total. The lowest BCUT2D eigenvalue weighted by Gasteiger charge is -2.15. The van der Waals surface area contributed by atoms with Crippen molar-refractivity contribution in [3.8, 4) is 11.5 Å². The Kier molecular flexibility index (Phi) is 5.63. The third kappa shape index (κ3) is 4.79. The highest BCUT2D eigenvalue weighted by Gasteiger charge is 2.12. The highest BCUT2D eigenvalue weighted by molar-refractivity contribution is 5.77. The van der Waals surface area contributed by atoms with Crippen molar-refractivity contribution in [1.82, 2.24) is 5.32 Å². The minimum atomic E-state index is -0.672. The van der Waals surface area contributed by atoms with Gasteiger partial charge in [0.05, 0.1) is 13.2 Å². The number of nitrogens with one attached hydrogen (secondary N) is 1. The van der Waals surface area contributed by atoms with E-state index in [-0.39, 0.29) is 18.6 Å². The van der Waals surface area contributed by atoms with E-state index in [4.69, 9.17) is 9.47 Å². The van der Waals surface area contributed by atoms with Gasteiger partial charge in [-0.2, -0.15) is 0 Å². The molecule has 0 aliphatic heterocycles. The van der Waals surface area contributed by atoms with Gasteiger partial charge < -0.3 is 19.9 Å². The van der Waals surface area contributed by atoms with E-state index in [2.05, 4.69) is 5.32 Å². The fourth-order valence-electron chi connectivity index (χ4n) is 1.62. The third-order valence-electron chi connectivity index (χ3n) is 2.48. The number of amides is 1. The first-order valence-corrected chi connectivity index (χ1v) is 6.22. The van der Waals surface area contributed by atoms with E-state index in [1.165, 1.54) is 0 Å². The molecule has 0 radical (unpaired) electrons. The smallest absolute Gasteiger partial charge is 0.258 e. The zero-order valence-electron chi connectivity index (χ0n) is 11.8.